The maximum Gasteiger partial charge on any atom is 0.410 e. The van der Waals surface area contributed by atoms with Crippen LogP contribution in [-0.2, 0) is 11.2 Å². The van der Waals surface area contributed by atoms with E-state index in [0.717, 1.165) is 16.5 Å². The maximum atomic E-state index is 11.7. The summed E-state index contributed by atoms with van der Waals surface area (Å²) >= 11 is 0. The predicted molar refractivity (Wildman–Crippen MR) is 74.1 cm³/mol. The highest BCUT2D eigenvalue weighted by atomic mass is 16.6. The minimum Gasteiger partial charge on any atom is -0.449 e. The molecule has 1 aliphatic heterocycles. The van der Waals surface area contributed by atoms with Crippen LogP contribution in [0.2, 0.25) is 0 Å². The van der Waals surface area contributed by atoms with Crippen LogP contribution >= 0.6 is 0 Å². The molecular formula is C15H15N3O2. The average molecular weight is 269 g/mol. The number of H-pyrrole nitrogens is 1. The van der Waals surface area contributed by atoms with Gasteiger partial charge < -0.3 is 9.72 Å². The number of nitrogens with zero attached hydrogens (tertiary/aromatic N) is 2. The SMILES string of the molecule is N#CC1CCOC(=O)N1CCc1c[nH]c2ccccc12. The third kappa shape index (κ3) is 2.21. The van der Waals surface area contributed by atoms with Gasteiger partial charge in [0.15, 0.2) is 0 Å². The maximum absolute atomic E-state index is 11.7. The normalized spacial score (nSPS) is 18.9. The Morgan fingerprint density at radius 2 is 2.30 bits per heavy atom. The monoisotopic (exact) mass is 269 g/mol. The van der Waals surface area contributed by atoms with Crippen molar-refractivity contribution >= 4 is 17.0 Å². The number of amides is 1. The highest BCUT2D eigenvalue weighted by molar-refractivity contribution is 5.83. The molecule has 0 aliphatic carbocycles. The lowest BCUT2D eigenvalue weighted by Crippen LogP contribution is -2.45. The number of nitriles is 1. The molecule has 0 bridgehead atoms. The molecule has 1 N–H and O–H groups in total. The number of cyclic esters (lactones) is 1. The lowest BCUT2D eigenvalue weighted by atomic mass is 10.1. The first-order valence-electron chi connectivity index (χ1n) is 6.67. The number of rotatable bonds is 3. The van der Waals surface area contributed by atoms with E-state index in [0.29, 0.717) is 26.0 Å². The minimum atomic E-state index is -0.386. The molecule has 1 saturated heterocycles. The van der Waals surface area contributed by atoms with E-state index in [4.69, 9.17) is 10.00 Å². The third-order valence-corrected chi connectivity index (χ3v) is 3.67. The Balaban J connectivity index is 1.75. The predicted octanol–water partition coefficient (Wildman–Crippen LogP) is 2.44. The van der Waals surface area contributed by atoms with Gasteiger partial charge in [0.1, 0.15) is 6.04 Å². The van der Waals surface area contributed by atoms with Gasteiger partial charge in [-0.25, -0.2) is 4.79 Å². The zero-order valence-corrected chi connectivity index (χ0v) is 11.0. The smallest absolute Gasteiger partial charge is 0.410 e. The summed E-state index contributed by atoms with van der Waals surface area (Å²) in [4.78, 5) is 16.5. The highest BCUT2D eigenvalue weighted by Gasteiger charge is 2.29. The Morgan fingerprint density at radius 1 is 1.45 bits per heavy atom. The summed E-state index contributed by atoms with van der Waals surface area (Å²) in [7, 11) is 0. The quantitative estimate of drug-likeness (QED) is 0.930. The number of nitrogens with one attached hydrogen (secondary N) is 1. The number of para-hydroxylation sites is 1. The molecule has 5 heteroatoms. The molecule has 1 atom stereocenters. The molecule has 1 aromatic heterocycles. The molecule has 1 unspecified atom stereocenters. The van der Waals surface area contributed by atoms with Crippen LogP contribution in [0.3, 0.4) is 0 Å². The molecule has 5 nitrogen and oxygen atoms in total. The van der Waals surface area contributed by atoms with Crippen molar-refractivity contribution in [3.8, 4) is 6.07 Å². The summed E-state index contributed by atoms with van der Waals surface area (Å²) in [5.74, 6) is 0. The molecule has 2 aromatic rings. The summed E-state index contributed by atoms with van der Waals surface area (Å²) in [6, 6.07) is 9.84. The number of ether oxygens (including phenoxy) is 1. The van der Waals surface area contributed by atoms with E-state index in [1.54, 1.807) is 0 Å². The van der Waals surface area contributed by atoms with Gasteiger partial charge in [-0.3, -0.25) is 4.90 Å². The number of carbonyl (C=O) groups excluding carboxylic acids is 1. The molecule has 1 amide bonds. The van der Waals surface area contributed by atoms with Gasteiger partial charge in [0, 0.05) is 30.1 Å². The van der Waals surface area contributed by atoms with Crippen LogP contribution in [0.15, 0.2) is 30.5 Å². The number of aromatic amines is 1. The molecule has 0 radical (unpaired) electrons. The van der Waals surface area contributed by atoms with Gasteiger partial charge >= 0.3 is 6.09 Å². The Bertz CT molecular complexity index is 671. The van der Waals surface area contributed by atoms with Crippen LogP contribution in [0.5, 0.6) is 0 Å². The molecule has 0 spiro atoms. The molecule has 3 rings (SSSR count). The summed E-state index contributed by atoms with van der Waals surface area (Å²) in [5.41, 5.74) is 2.23. The van der Waals surface area contributed by atoms with E-state index in [-0.39, 0.29) is 12.1 Å². The van der Waals surface area contributed by atoms with Crippen LogP contribution < -0.4 is 0 Å². The van der Waals surface area contributed by atoms with Crippen molar-refractivity contribution in [3.63, 3.8) is 0 Å². The fourth-order valence-electron chi connectivity index (χ4n) is 2.58. The Hall–Kier alpha value is -2.48. The van der Waals surface area contributed by atoms with Crippen LogP contribution in [0.1, 0.15) is 12.0 Å². The van der Waals surface area contributed by atoms with Crippen LogP contribution in [0, 0.1) is 11.3 Å². The molecule has 20 heavy (non-hydrogen) atoms. The molecule has 1 fully saturated rings. The second kappa shape index (κ2) is 5.25. The van der Waals surface area contributed by atoms with Crippen molar-refractivity contribution in [1.82, 2.24) is 9.88 Å². The zero-order chi connectivity index (χ0) is 13.9. The first kappa shape index (κ1) is 12.5. The number of hydrogen-bond acceptors (Lipinski definition) is 3. The third-order valence-electron chi connectivity index (χ3n) is 3.67. The van der Waals surface area contributed by atoms with Crippen molar-refractivity contribution in [2.75, 3.05) is 13.2 Å². The van der Waals surface area contributed by atoms with E-state index >= 15 is 0 Å². The fraction of sp³-hybridized carbons (Fsp3) is 0.333. The van der Waals surface area contributed by atoms with Crippen molar-refractivity contribution < 1.29 is 9.53 Å². The average Bonchev–Trinajstić information content (AvgIpc) is 2.89. The fourth-order valence-corrected chi connectivity index (χ4v) is 2.58. The molecular weight excluding hydrogens is 254 g/mol. The second-order valence-electron chi connectivity index (χ2n) is 4.85. The first-order valence-corrected chi connectivity index (χ1v) is 6.67. The lowest BCUT2D eigenvalue weighted by Gasteiger charge is -2.30. The Kier molecular flexibility index (Phi) is 3.30. The van der Waals surface area contributed by atoms with Crippen LogP contribution in [-0.4, -0.2) is 35.2 Å². The number of aromatic nitrogens is 1. The van der Waals surface area contributed by atoms with Crippen molar-refractivity contribution in [3.05, 3.63) is 36.0 Å². The van der Waals surface area contributed by atoms with E-state index < -0.39 is 0 Å². The number of benzene rings is 1. The molecule has 1 aliphatic rings. The van der Waals surface area contributed by atoms with Gasteiger partial charge in [-0.2, -0.15) is 5.26 Å². The minimum absolute atomic E-state index is 0.334. The van der Waals surface area contributed by atoms with E-state index in [1.807, 2.05) is 24.4 Å². The topological polar surface area (TPSA) is 69.1 Å². The number of fused-ring (bicyclic) bond motifs is 1. The molecule has 1 aromatic carbocycles. The van der Waals surface area contributed by atoms with Gasteiger partial charge in [-0.15, -0.1) is 0 Å². The van der Waals surface area contributed by atoms with Gasteiger partial charge in [0.25, 0.3) is 0 Å². The number of hydrogen-bond donors (Lipinski definition) is 1. The van der Waals surface area contributed by atoms with Gasteiger partial charge in [0.05, 0.1) is 12.7 Å². The van der Waals surface area contributed by atoms with E-state index in [1.165, 1.54) is 4.90 Å². The molecule has 0 saturated carbocycles. The van der Waals surface area contributed by atoms with Crippen molar-refractivity contribution in [2.45, 2.75) is 18.9 Å². The van der Waals surface area contributed by atoms with Gasteiger partial charge in [-0.05, 0) is 18.1 Å². The van der Waals surface area contributed by atoms with Crippen molar-refractivity contribution in [2.24, 2.45) is 0 Å². The Labute approximate surface area is 116 Å². The van der Waals surface area contributed by atoms with Crippen molar-refractivity contribution in [1.29, 1.82) is 5.26 Å². The lowest BCUT2D eigenvalue weighted by molar-refractivity contribution is 0.0584. The second-order valence-corrected chi connectivity index (χ2v) is 4.85. The van der Waals surface area contributed by atoms with Crippen LogP contribution in [0.4, 0.5) is 4.79 Å². The molecule has 2 heterocycles. The summed E-state index contributed by atoms with van der Waals surface area (Å²) in [6.07, 6.45) is 2.86. The summed E-state index contributed by atoms with van der Waals surface area (Å²) in [5, 5.41) is 10.3. The van der Waals surface area contributed by atoms with E-state index in [2.05, 4.69) is 17.1 Å². The van der Waals surface area contributed by atoms with Crippen LogP contribution in [0.25, 0.3) is 10.9 Å². The van der Waals surface area contributed by atoms with E-state index in [9.17, 15) is 4.79 Å². The molecule has 102 valence electrons. The zero-order valence-electron chi connectivity index (χ0n) is 11.0. The number of carbonyl (C=O) groups is 1. The Morgan fingerprint density at radius 3 is 3.15 bits per heavy atom. The standard InChI is InChI=1S/C15H15N3O2/c16-9-12-6-8-20-15(19)18(12)7-5-11-10-17-14-4-2-1-3-13(11)14/h1-4,10,12,17H,5-8H2. The van der Waals surface area contributed by atoms with Gasteiger partial charge in [0.2, 0.25) is 0 Å². The largest absolute Gasteiger partial charge is 0.449 e. The summed E-state index contributed by atoms with van der Waals surface area (Å²) in [6.45, 7) is 0.833. The highest BCUT2D eigenvalue weighted by Crippen LogP contribution is 2.20. The first-order chi connectivity index (χ1) is 9.79. The van der Waals surface area contributed by atoms with Gasteiger partial charge in [-0.1, -0.05) is 18.2 Å². The summed E-state index contributed by atoms with van der Waals surface area (Å²) < 4.78 is 5.01.